The summed E-state index contributed by atoms with van der Waals surface area (Å²) in [6, 6.07) is 4.19. The van der Waals surface area contributed by atoms with E-state index in [1.165, 1.54) is 18.4 Å². The van der Waals surface area contributed by atoms with Crippen molar-refractivity contribution in [2.24, 2.45) is 4.99 Å². The molecule has 26 heavy (non-hydrogen) atoms. The first-order valence-corrected chi connectivity index (χ1v) is 9.62. The van der Waals surface area contributed by atoms with E-state index in [2.05, 4.69) is 38.5 Å². The summed E-state index contributed by atoms with van der Waals surface area (Å²) in [4.78, 5) is 11.5. The third kappa shape index (κ3) is 7.58. The van der Waals surface area contributed by atoms with E-state index in [-0.39, 0.29) is 0 Å². The molecule has 0 saturated carbocycles. The molecular weight excluding hydrogens is 330 g/mol. The highest BCUT2D eigenvalue weighted by Gasteiger charge is 2.13. The summed E-state index contributed by atoms with van der Waals surface area (Å²) in [6.07, 6.45) is 5.33. The lowest BCUT2D eigenvalue weighted by molar-refractivity contribution is 0.0698. The Balaban J connectivity index is 1.77. The van der Waals surface area contributed by atoms with Crippen molar-refractivity contribution in [2.75, 3.05) is 58.0 Å². The Morgan fingerprint density at radius 2 is 2.08 bits per heavy atom. The van der Waals surface area contributed by atoms with E-state index in [0.29, 0.717) is 19.8 Å². The minimum Gasteiger partial charge on any atom is -0.382 e. The third-order valence-electron chi connectivity index (χ3n) is 4.19. The maximum Gasteiger partial charge on any atom is 0.191 e. The average Bonchev–Trinajstić information content (AvgIpc) is 3.20. The quantitative estimate of drug-likeness (QED) is 0.355. The van der Waals surface area contributed by atoms with Crippen LogP contribution in [0.15, 0.2) is 23.3 Å². The number of hydrogen-bond donors (Lipinski definition) is 2. The molecule has 0 spiro atoms. The fourth-order valence-electron chi connectivity index (χ4n) is 2.82. The summed E-state index contributed by atoms with van der Waals surface area (Å²) >= 11 is 0. The van der Waals surface area contributed by atoms with Gasteiger partial charge in [0.05, 0.1) is 19.8 Å². The molecule has 146 valence electrons. The molecule has 0 aromatic carbocycles. The van der Waals surface area contributed by atoms with E-state index >= 15 is 0 Å². The van der Waals surface area contributed by atoms with Gasteiger partial charge in [-0.05, 0) is 43.9 Å². The van der Waals surface area contributed by atoms with Crippen molar-refractivity contribution in [3.8, 4) is 0 Å². The highest BCUT2D eigenvalue weighted by molar-refractivity contribution is 5.79. The predicted molar refractivity (Wildman–Crippen MR) is 106 cm³/mol. The van der Waals surface area contributed by atoms with Crippen LogP contribution in [0.3, 0.4) is 0 Å². The first kappa shape index (κ1) is 20.5. The second-order valence-electron chi connectivity index (χ2n) is 6.30. The van der Waals surface area contributed by atoms with Crippen molar-refractivity contribution in [1.29, 1.82) is 0 Å². The van der Waals surface area contributed by atoms with Crippen LogP contribution in [0, 0.1) is 0 Å². The summed E-state index contributed by atoms with van der Waals surface area (Å²) < 4.78 is 10.4. The molecule has 7 heteroatoms. The zero-order valence-corrected chi connectivity index (χ0v) is 16.2. The number of pyridine rings is 1. The lowest BCUT2D eigenvalue weighted by atomic mass is 10.2. The Labute approximate surface area is 157 Å². The minimum atomic E-state index is 0.642. The van der Waals surface area contributed by atoms with Crippen molar-refractivity contribution in [2.45, 2.75) is 32.7 Å². The summed E-state index contributed by atoms with van der Waals surface area (Å²) in [7, 11) is 1.68. The van der Waals surface area contributed by atoms with E-state index < -0.39 is 0 Å². The van der Waals surface area contributed by atoms with Crippen LogP contribution in [0.5, 0.6) is 0 Å². The normalized spacial score (nSPS) is 14.7. The molecule has 0 aliphatic carbocycles. The fourth-order valence-corrected chi connectivity index (χ4v) is 2.82. The minimum absolute atomic E-state index is 0.642. The van der Waals surface area contributed by atoms with Gasteiger partial charge in [-0.15, -0.1) is 0 Å². The van der Waals surface area contributed by atoms with Crippen LogP contribution in [0.4, 0.5) is 5.82 Å². The molecule has 1 aliphatic rings. The lowest BCUT2D eigenvalue weighted by Crippen LogP contribution is -2.38. The van der Waals surface area contributed by atoms with E-state index in [1.54, 1.807) is 7.11 Å². The van der Waals surface area contributed by atoms with E-state index in [9.17, 15) is 0 Å². The molecule has 0 bridgehead atoms. The highest BCUT2D eigenvalue weighted by Crippen LogP contribution is 2.18. The second-order valence-corrected chi connectivity index (χ2v) is 6.30. The predicted octanol–water partition coefficient (Wildman–Crippen LogP) is 1.79. The summed E-state index contributed by atoms with van der Waals surface area (Å²) in [5, 5.41) is 6.64. The summed E-state index contributed by atoms with van der Waals surface area (Å²) in [5.74, 6) is 1.91. The number of methoxy groups -OCH3 is 1. The third-order valence-corrected chi connectivity index (χ3v) is 4.19. The molecule has 2 N–H and O–H groups in total. The summed E-state index contributed by atoms with van der Waals surface area (Å²) in [5.41, 5.74) is 1.18. The molecule has 1 aromatic rings. The van der Waals surface area contributed by atoms with Crippen LogP contribution in [0.2, 0.25) is 0 Å². The molecule has 2 heterocycles. The Hall–Kier alpha value is -1.86. The SMILES string of the molecule is CCNC(=NCc1ccnc(N2CCCC2)c1)NCCCOCCOC. The van der Waals surface area contributed by atoms with Crippen molar-refractivity contribution < 1.29 is 9.47 Å². The molecule has 0 radical (unpaired) electrons. The Morgan fingerprint density at radius 1 is 1.23 bits per heavy atom. The number of rotatable bonds is 11. The number of anilines is 1. The van der Waals surface area contributed by atoms with Gasteiger partial charge in [0, 0.05) is 46.1 Å². The van der Waals surface area contributed by atoms with Gasteiger partial charge in [-0.1, -0.05) is 0 Å². The highest BCUT2D eigenvalue weighted by atomic mass is 16.5. The van der Waals surface area contributed by atoms with Gasteiger partial charge in [0.15, 0.2) is 5.96 Å². The van der Waals surface area contributed by atoms with Crippen molar-refractivity contribution in [3.63, 3.8) is 0 Å². The van der Waals surface area contributed by atoms with Gasteiger partial charge in [0.2, 0.25) is 0 Å². The Morgan fingerprint density at radius 3 is 2.85 bits per heavy atom. The fraction of sp³-hybridized carbons (Fsp3) is 0.684. The first-order chi connectivity index (χ1) is 12.8. The standard InChI is InChI=1S/C19H33N5O2/c1-3-20-19(22-8-6-12-26-14-13-25-2)23-16-17-7-9-21-18(15-17)24-10-4-5-11-24/h7,9,15H,3-6,8,10-14,16H2,1-2H3,(H2,20,22,23). The Kier molecular flexibility index (Phi) is 9.82. The van der Waals surface area contributed by atoms with Crippen molar-refractivity contribution in [1.82, 2.24) is 15.6 Å². The zero-order valence-electron chi connectivity index (χ0n) is 16.2. The average molecular weight is 364 g/mol. The van der Waals surface area contributed by atoms with Gasteiger partial charge in [-0.25, -0.2) is 9.98 Å². The zero-order chi connectivity index (χ0) is 18.5. The van der Waals surface area contributed by atoms with Crippen molar-refractivity contribution in [3.05, 3.63) is 23.9 Å². The van der Waals surface area contributed by atoms with Crippen LogP contribution >= 0.6 is 0 Å². The van der Waals surface area contributed by atoms with Crippen LogP contribution < -0.4 is 15.5 Å². The number of aliphatic imine (C=N–C) groups is 1. The number of ether oxygens (including phenoxy) is 2. The lowest BCUT2D eigenvalue weighted by Gasteiger charge is -2.16. The van der Waals surface area contributed by atoms with E-state index in [1.807, 2.05) is 12.3 Å². The van der Waals surface area contributed by atoms with E-state index in [4.69, 9.17) is 9.47 Å². The topological polar surface area (TPSA) is 71.0 Å². The molecule has 1 fully saturated rings. The smallest absolute Gasteiger partial charge is 0.191 e. The van der Waals surface area contributed by atoms with Gasteiger partial charge >= 0.3 is 0 Å². The second kappa shape index (κ2) is 12.5. The van der Waals surface area contributed by atoms with Crippen LogP contribution in [0.1, 0.15) is 31.7 Å². The molecule has 0 amide bonds. The summed E-state index contributed by atoms with van der Waals surface area (Å²) in [6.45, 7) is 8.60. The van der Waals surface area contributed by atoms with Crippen molar-refractivity contribution >= 4 is 11.8 Å². The number of nitrogens with one attached hydrogen (secondary N) is 2. The number of aromatic nitrogens is 1. The largest absolute Gasteiger partial charge is 0.382 e. The van der Waals surface area contributed by atoms with Crippen LogP contribution in [-0.2, 0) is 16.0 Å². The molecule has 2 rings (SSSR count). The number of guanidine groups is 1. The van der Waals surface area contributed by atoms with Gasteiger partial charge in [0.1, 0.15) is 5.82 Å². The molecule has 1 saturated heterocycles. The number of hydrogen-bond acceptors (Lipinski definition) is 5. The number of nitrogens with zero attached hydrogens (tertiary/aromatic N) is 3. The molecule has 0 atom stereocenters. The molecule has 1 aliphatic heterocycles. The van der Waals surface area contributed by atoms with E-state index in [0.717, 1.165) is 51.0 Å². The Bertz CT molecular complexity index is 532. The molecule has 7 nitrogen and oxygen atoms in total. The van der Waals surface area contributed by atoms with Crippen LogP contribution in [0.25, 0.3) is 0 Å². The molecule has 1 aromatic heterocycles. The first-order valence-electron chi connectivity index (χ1n) is 9.62. The molecular formula is C19H33N5O2. The van der Waals surface area contributed by atoms with Gasteiger partial charge in [0.25, 0.3) is 0 Å². The maximum atomic E-state index is 5.47. The van der Waals surface area contributed by atoms with Gasteiger partial charge in [-0.3, -0.25) is 0 Å². The van der Waals surface area contributed by atoms with Gasteiger partial charge in [-0.2, -0.15) is 0 Å². The monoisotopic (exact) mass is 363 g/mol. The molecule has 0 unspecified atom stereocenters. The maximum absolute atomic E-state index is 5.47. The van der Waals surface area contributed by atoms with Gasteiger partial charge < -0.3 is 25.0 Å². The van der Waals surface area contributed by atoms with Crippen LogP contribution in [-0.4, -0.2) is 64.1 Å².